The van der Waals surface area contributed by atoms with E-state index in [1.807, 2.05) is 6.92 Å². The minimum absolute atomic E-state index is 0.0685. The monoisotopic (exact) mass is 355 g/mol. The van der Waals surface area contributed by atoms with Crippen LogP contribution in [-0.2, 0) is 10.0 Å². The van der Waals surface area contributed by atoms with E-state index in [4.69, 9.17) is 0 Å². The molecule has 8 nitrogen and oxygen atoms in total. The second-order valence-corrected chi connectivity index (χ2v) is 7.86. The van der Waals surface area contributed by atoms with Gasteiger partial charge in [0.15, 0.2) is 0 Å². The topological polar surface area (TPSA) is 110 Å². The minimum atomic E-state index is -3.19. The Morgan fingerprint density at radius 1 is 1.29 bits per heavy atom. The number of carbonyl (C=O) groups excluding carboxylic acids is 1. The van der Waals surface area contributed by atoms with Crippen LogP contribution >= 0.6 is 0 Å². The molecule has 1 saturated heterocycles. The molecule has 1 aromatic rings. The predicted octanol–water partition coefficient (Wildman–Crippen LogP) is 1.53. The molecule has 0 radical (unpaired) electrons. The molecule has 1 aromatic carbocycles. The molecular formula is C15H21N3O5S. The lowest BCUT2D eigenvalue weighted by atomic mass is 10.1. The fourth-order valence-electron chi connectivity index (χ4n) is 2.67. The molecule has 1 fully saturated rings. The third kappa shape index (κ3) is 4.51. The molecule has 1 N–H and O–H groups in total. The zero-order valence-corrected chi connectivity index (χ0v) is 14.3. The molecule has 0 aliphatic carbocycles. The summed E-state index contributed by atoms with van der Waals surface area (Å²) in [5.41, 5.74) is 0.280. The highest BCUT2D eigenvalue weighted by molar-refractivity contribution is 7.89. The van der Waals surface area contributed by atoms with Gasteiger partial charge in [0, 0.05) is 36.8 Å². The summed E-state index contributed by atoms with van der Waals surface area (Å²) in [6.07, 6.45) is 1.70. The molecule has 1 amide bonds. The Labute approximate surface area is 141 Å². The van der Waals surface area contributed by atoms with Crippen molar-refractivity contribution in [2.75, 3.05) is 18.8 Å². The largest absolute Gasteiger partial charge is 0.349 e. The Bertz CT molecular complexity index is 694. The van der Waals surface area contributed by atoms with Crippen LogP contribution in [-0.4, -0.2) is 48.4 Å². The number of benzene rings is 1. The summed E-state index contributed by atoms with van der Waals surface area (Å²) in [4.78, 5) is 22.3. The Morgan fingerprint density at radius 2 is 1.88 bits per heavy atom. The average Bonchev–Trinajstić information content (AvgIpc) is 2.55. The molecule has 9 heteroatoms. The molecule has 0 aromatic heterocycles. The lowest BCUT2D eigenvalue weighted by molar-refractivity contribution is -0.384. The van der Waals surface area contributed by atoms with Crippen LogP contribution in [0.1, 0.15) is 36.5 Å². The first-order chi connectivity index (χ1) is 11.3. The molecule has 24 heavy (non-hydrogen) atoms. The maximum absolute atomic E-state index is 12.2. The third-order valence-corrected chi connectivity index (χ3v) is 6.06. The molecule has 0 unspecified atom stereocenters. The smallest absolute Gasteiger partial charge is 0.269 e. The zero-order valence-electron chi connectivity index (χ0n) is 13.5. The third-order valence-electron chi connectivity index (χ3n) is 3.98. The number of rotatable bonds is 6. The van der Waals surface area contributed by atoms with Gasteiger partial charge in [-0.1, -0.05) is 6.92 Å². The summed E-state index contributed by atoms with van der Waals surface area (Å²) >= 11 is 0. The summed E-state index contributed by atoms with van der Waals surface area (Å²) in [6.45, 7) is 2.62. The molecule has 0 spiro atoms. The van der Waals surface area contributed by atoms with Crippen molar-refractivity contribution in [2.45, 2.75) is 32.2 Å². The van der Waals surface area contributed by atoms with Crippen molar-refractivity contribution in [3.05, 3.63) is 39.9 Å². The lowest BCUT2D eigenvalue weighted by Crippen LogP contribution is -2.47. The average molecular weight is 355 g/mol. The second-order valence-electron chi connectivity index (χ2n) is 5.77. The number of amides is 1. The van der Waals surface area contributed by atoms with E-state index in [2.05, 4.69) is 5.32 Å². The van der Waals surface area contributed by atoms with Crippen molar-refractivity contribution in [3.63, 3.8) is 0 Å². The number of nitrogens with zero attached hydrogens (tertiary/aromatic N) is 2. The van der Waals surface area contributed by atoms with Gasteiger partial charge in [-0.3, -0.25) is 14.9 Å². The SMILES string of the molecule is CCCS(=O)(=O)N1CCC(NC(=O)c2ccc([N+](=O)[O-])cc2)CC1. The molecular weight excluding hydrogens is 334 g/mol. The minimum Gasteiger partial charge on any atom is -0.349 e. The summed E-state index contributed by atoms with van der Waals surface area (Å²) in [6, 6.07) is 5.30. The van der Waals surface area contributed by atoms with E-state index in [9.17, 15) is 23.3 Å². The van der Waals surface area contributed by atoms with Crippen LogP contribution in [0.25, 0.3) is 0 Å². The van der Waals surface area contributed by atoms with E-state index < -0.39 is 14.9 Å². The summed E-state index contributed by atoms with van der Waals surface area (Å²) in [5.74, 6) is -0.160. The van der Waals surface area contributed by atoms with E-state index in [0.717, 1.165) is 0 Å². The standard InChI is InChI=1S/C15H21N3O5S/c1-2-11-24(22,23)17-9-7-13(8-10-17)16-15(19)12-3-5-14(6-4-12)18(20)21/h3-6,13H,2,7-11H2,1H3,(H,16,19). The lowest BCUT2D eigenvalue weighted by Gasteiger charge is -2.31. The number of nitro benzene ring substituents is 1. The normalized spacial score (nSPS) is 16.7. The maximum atomic E-state index is 12.2. The molecule has 1 heterocycles. The Balaban J connectivity index is 1.89. The Kier molecular flexibility index (Phi) is 5.89. The predicted molar refractivity (Wildman–Crippen MR) is 89.2 cm³/mol. The maximum Gasteiger partial charge on any atom is 0.269 e. The number of piperidine rings is 1. The van der Waals surface area contributed by atoms with Crippen molar-refractivity contribution in [2.24, 2.45) is 0 Å². The van der Waals surface area contributed by atoms with Crippen LogP contribution in [0.5, 0.6) is 0 Å². The van der Waals surface area contributed by atoms with E-state index in [1.165, 1.54) is 28.6 Å². The highest BCUT2D eigenvalue weighted by Crippen LogP contribution is 2.16. The zero-order chi connectivity index (χ0) is 17.7. The molecule has 1 aliphatic heterocycles. The van der Waals surface area contributed by atoms with Gasteiger partial charge in [0.2, 0.25) is 10.0 Å². The van der Waals surface area contributed by atoms with Gasteiger partial charge in [0.25, 0.3) is 11.6 Å². The van der Waals surface area contributed by atoms with E-state index >= 15 is 0 Å². The number of nitro groups is 1. The van der Waals surface area contributed by atoms with Gasteiger partial charge in [-0.15, -0.1) is 0 Å². The van der Waals surface area contributed by atoms with Gasteiger partial charge in [0.05, 0.1) is 10.7 Å². The van der Waals surface area contributed by atoms with Crippen molar-refractivity contribution < 1.29 is 18.1 Å². The number of nitrogens with one attached hydrogen (secondary N) is 1. The summed E-state index contributed by atoms with van der Waals surface area (Å²) < 4.78 is 25.5. The van der Waals surface area contributed by atoms with Gasteiger partial charge in [-0.25, -0.2) is 12.7 Å². The number of sulfonamides is 1. The fourth-order valence-corrected chi connectivity index (χ4v) is 4.21. The summed E-state index contributed by atoms with van der Waals surface area (Å²) in [7, 11) is -3.19. The Hall–Kier alpha value is -2.00. The molecule has 0 bridgehead atoms. The first-order valence-corrected chi connectivity index (χ1v) is 9.47. The van der Waals surface area contributed by atoms with Crippen LogP contribution in [0.3, 0.4) is 0 Å². The molecule has 0 saturated carbocycles. The molecule has 1 aliphatic rings. The molecule has 2 rings (SSSR count). The van der Waals surface area contributed by atoms with Crippen LogP contribution in [0, 0.1) is 10.1 Å². The van der Waals surface area contributed by atoms with Gasteiger partial charge < -0.3 is 5.32 Å². The van der Waals surface area contributed by atoms with Crippen molar-refractivity contribution in [3.8, 4) is 0 Å². The highest BCUT2D eigenvalue weighted by atomic mass is 32.2. The first-order valence-electron chi connectivity index (χ1n) is 7.86. The van der Waals surface area contributed by atoms with Crippen molar-refractivity contribution in [1.29, 1.82) is 0 Å². The van der Waals surface area contributed by atoms with Crippen LogP contribution < -0.4 is 5.32 Å². The van der Waals surface area contributed by atoms with Gasteiger partial charge in [-0.05, 0) is 31.4 Å². The van der Waals surface area contributed by atoms with Crippen LogP contribution in [0.2, 0.25) is 0 Å². The first kappa shape index (κ1) is 18.3. The number of hydrogen-bond donors (Lipinski definition) is 1. The van der Waals surface area contributed by atoms with Crippen molar-refractivity contribution >= 4 is 21.6 Å². The summed E-state index contributed by atoms with van der Waals surface area (Å²) in [5, 5.41) is 13.5. The molecule has 0 atom stereocenters. The van der Waals surface area contributed by atoms with Gasteiger partial charge in [0.1, 0.15) is 0 Å². The van der Waals surface area contributed by atoms with Crippen LogP contribution in [0.4, 0.5) is 5.69 Å². The fraction of sp³-hybridized carbons (Fsp3) is 0.533. The highest BCUT2D eigenvalue weighted by Gasteiger charge is 2.28. The second kappa shape index (κ2) is 7.71. The number of carbonyl (C=O) groups is 1. The quantitative estimate of drug-likeness (QED) is 0.615. The number of non-ortho nitro benzene ring substituents is 1. The van der Waals surface area contributed by atoms with E-state index in [-0.39, 0.29) is 23.4 Å². The van der Waals surface area contributed by atoms with E-state index in [1.54, 1.807) is 0 Å². The van der Waals surface area contributed by atoms with Gasteiger partial charge in [-0.2, -0.15) is 0 Å². The van der Waals surface area contributed by atoms with Gasteiger partial charge >= 0.3 is 0 Å². The van der Waals surface area contributed by atoms with Crippen LogP contribution in [0.15, 0.2) is 24.3 Å². The number of hydrogen-bond acceptors (Lipinski definition) is 5. The van der Waals surface area contributed by atoms with Crippen molar-refractivity contribution in [1.82, 2.24) is 9.62 Å². The van der Waals surface area contributed by atoms with E-state index in [0.29, 0.717) is 37.9 Å². The molecule has 132 valence electrons. The Morgan fingerprint density at radius 3 is 2.38 bits per heavy atom.